The molecule has 0 saturated heterocycles. The average molecular weight is 348 g/mol. The van der Waals surface area contributed by atoms with Gasteiger partial charge in [-0.2, -0.15) is 9.57 Å². The van der Waals surface area contributed by atoms with Crippen LogP contribution in [0.5, 0.6) is 0 Å². The first kappa shape index (κ1) is 18.5. The van der Waals surface area contributed by atoms with E-state index in [-0.39, 0.29) is 17.9 Å². The Morgan fingerprint density at radius 2 is 1.86 bits per heavy atom. The molecule has 0 amide bonds. The maximum Gasteiger partial charge on any atom is 0.246 e. The Morgan fingerprint density at radius 1 is 1.27 bits per heavy atom. The van der Waals surface area contributed by atoms with Crippen molar-refractivity contribution in [2.75, 3.05) is 18.6 Å². The van der Waals surface area contributed by atoms with E-state index in [0.29, 0.717) is 0 Å². The fraction of sp³-hybridized carbons (Fsp3) is 0.462. The molecule has 0 aromatic heterocycles. The van der Waals surface area contributed by atoms with Gasteiger partial charge in [0.05, 0.1) is 11.3 Å². The van der Waals surface area contributed by atoms with Gasteiger partial charge in [0, 0.05) is 18.8 Å². The lowest BCUT2D eigenvalue weighted by molar-refractivity contribution is 0.367. The maximum absolute atomic E-state index is 14.1. The predicted octanol–water partition coefficient (Wildman–Crippen LogP) is 1.14. The van der Waals surface area contributed by atoms with Crippen LogP contribution in [0.3, 0.4) is 0 Å². The SMILES string of the molecule is CC(C)N(CCS(C)(=O)=O)S(=O)(=O)c1cccc(C#N)c1F. The Labute approximate surface area is 130 Å². The number of hydrogen-bond acceptors (Lipinski definition) is 5. The lowest BCUT2D eigenvalue weighted by Crippen LogP contribution is -2.40. The third kappa shape index (κ3) is 4.25. The van der Waals surface area contributed by atoms with Gasteiger partial charge in [-0.25, -0.2) is 21.2 Å². The molecule has 122 valence electrons. The van der Waals surface area contributed by atoms with Gasteiger partial charge in [0.2, 0.25) is 10.0 Å². The second-order valence-corrected chi connectivity index (χ2v) is 9.19. The smallest absolute Gasteiger partial charge is 0.229 e. The van der Waals surface area contributed by atoms with Crippen LogP contribution in [0.4, 0.5) is 4.39 Å². The number of benzene rings is 1. The van der Waals surface area contributed by atoms with Gasteiger partial charge in [-0.1, -0.05) is 6.07 Å². The van der Waals surface area contributed by atoms with Gasteiger partial charge in [-0.05, 0) is 26.0 Å². The lowest BCUT2D eigenvalue weighted by Gasteiger charge is -2.25. The second kappa shape index (κ2) is 6.73. The summed E-state index contributed by atoms with van der Waals surface area (Å²) in [6.07, 6.45) is 0.995. The van der Waals surface area contributed by atoms with E-state index in [1.807, 2.05) is 0 Å². The molecule has 6 nitrogen and oxygen atoms in total. The standard InChI is InChI=1S/C13H17FN2O4S2/c1-10(2)16(7-8-21(3,17)18)22(19,20)12-6-4-5-11(9-15)13(12)14/h4-6,10H,7-8H2,1-3H3. The Hall–Kier alpha value is -1.50. The van der Waals surface area contributed by atoms with Gasteiger partial charge in [-0.15, -0.1) is 0 Å². The summed E-state index contributed by atoms with van der Waals surface area (Å²) in [5.74, 6) is -1.50. The average Bonchev–Trinajstić information content (AvgIpc) is 2.36. The number of nitriles is 1. The van der Waals surface area contributed by atoms with Crippen molar-refractivity contribution in [3.8, 4) is 6.07 Å². The quantitative estimate of drug-likeness (QED) is 0.768. The van der Waals surface area contributed by atoms with Gasteiger partial charge in [0.25, 0.3) is 0 Å². The topological polar surface area (TPSA) is 95.3 Å². The zero-order chi connectivity index (χ0) is 17.1. The third-order valence-electron chi connectivity index (χ3n) is 2.93. The number of hydrogen-bond donors (Lipinski definition) is 0. The number of halogens is 1. The highest BCUT2D eigenvalue weighted by atomic mass is 32.2. The van der Waals surface area contributed by atoms with E-state index in [9.17, 15) is 21.2 Å². The van der Waals surface area contributed by atoms with Crippen LogP contribution in [0.2, 0.25) is 0 Å². The zero-order valence-corrected chi connectivity index (χ0v) is 14.1. The molecule has 0 heterocycles. The lowest BCUT2D eigenvalue weighted by atomic mass is 10.2. The Bertz CT molecular complexity index is 796. The highest BCUT2D eigenvalue weighted by molar-refractivity contribution is 7.91. The Morgan fingerprint density at radius 3 is 2.32 bits per heavy atom. The molecule has 0 spiro atoms. The summed E-state index contributed by atoms with van der Waals surface area (Å²) in [5, 5.41) is 8.79. The van der Waals surface area contributed by atoms with Crippen molar-refractivity contribution in [2.24, 2.45) is 0 Å². The third-order valence-corrected chi connectivity index (χ3v) is 5.95. The molecule has 0 fully saturated rings. The highest BCUT2D eigenvalue weighted by Crippen LogP contribution is 2.23. The van der Waals surface area contributed by atoms with Crippen LogP contribution in [0, 0.1) is 17.1 Å². The van der Waals surface area contributed by atoms with Crippen molar-refractivity contribution in [1.29, 1.82) is 5.26 Å². The fourth-order valence-electron chi connectivity index (χ4n) is 1.83. The van der Waals surface area contributed by atoms with Crippen LogP contribution in [0.25, 0.3) is 0 Å². The first-order valence-electron chi connectivity index (χ1n) is 6.39. The molecular weight excluding hydrogens is 331 g/mol. The molecule has 0 aliphatic rings. The van der Waals surface area contributed by atoms with E-state index in [0.717, 1.165) is 16.6 Å². The number of rotatable bonds is 6. The summed E-state index contributed by atoms with van der Waals surface area (Å²) >= 11 is 0. The number of sulfonamides is 1. The van der Waals surface area contributed by atoms with Crippen LogP contribution in [0.15, 0.2) is 23.1 Å². The van der Waals surface area contributed by atoms with Crippen molar-refractivity contribution in [3.05, 3.63) is 29.6 Å². The monoisotopic (exact) mass is 348 g/mol. The summed E-state index contributed by atoms with van der Waals surface area (Å²) in [7, 11) is -7.61. The first-order chi connectivity index (χ1) is 10.0. The molecule has 0 N–H and O–H groups in total. The maximum atomic E-state index is 14.1. The molecule has 0 radical (unpaired) electrons. The second-order valence-electron chi connectivity index (χ2n) is 5.07. The Kier molecular flexibility index (Phi) is 5.67. The van der Waals surface area contributed by atoms with E-state index in [1.165, 1.54) is 12.1 Å². The summed E-state index contributed by atoms with van der Waals surface area (Å²) in [5.41, 5.74) is -0.382. The summed E-state index contributed by atoms with van der Waals surface area (Å²) in [4.78, 5) is -0.631. The summed E-state index contributed by atoms with van der Waals surface area (Å²) in [6, 6.07) is 4.52. The fourth-order valence-corrected chi connectivity index (χ4v) is 4.20. The van der Waals surface area contributed by atoms with Crippen molar-refractivity contribution >= 4 is 19.9 Å². The molecule has 0 aliphatic heterocycles. The molecule has 9 heteroatoms. The van der Waals surface area contributed by atoms with Gasteiger partial charge in [0.15, 0.2) is 5.82 Å². The summed E-state index contributed by atoms with van der Waals surface area (Å²) < 4.78 is 62.7. The van der Waals surface area contributed by atoms with E-state index < -0.39 is 36.6 Å². The van der Waals surface area contributed by atoms with Crippen molar-refractivity contribution in [2.45, 2.75) is 24.8 Å². The molecule has 22 heavy (non-hydrogen) atoms. The van der Waals surface area contributed by atoms with Gasteiger partial charge in [0.1, 0.15) is 20.8 Å². The van der Waals surface area contributed by atoms with Crippen molar-refractivity contribution < 1.29 is 21.2 Å². The van der Waals surface area contributed by atoms with Gasteiger partial charge in [-0.3, -0.25) is 0 Å². The van der Waals surface area contributed by atoms with Crippen LogP contribution in [-0.2, 0) is 19.9 Å². The Balaban J connectivity index is 3.33. The van der Waals surface area contributed by atoms with E-state index in [4.69, 9.17) is 5.26 Å². The van der Waals surface area contributed by atoms with Crippen LogP contribution >= 0.6 is 0 Å². The number of nitrogens with zero attached hydrogens (tertiary/aromatic N) is 2. The summed E-state index contributed by atoms with van der Waals surface area (Å²) in [6.45, 7) is 2.84. The van der Waals surface area contributed by atoms with Crippen LogP contribution in [-0.4, -0.2) is 45.7 Å². The van der Waals surface area contributed by atoms with Crippen molar-refractivity contribution in [1.82, 2.24) is 4.31 Å². The van der Waals surface area contributed by atoms with Crippen molar-refractivity contribution in [3.63, 3.8) is 0 Å². The molecule has 0 atom stereocenters. The molecule has 1 aromatic rings. The highest BCUT2D eigenvalue weighted by Gasteiger charge is 2.31. The number of sulfone groups is 1. The molecule has 1 aromatic carbocycles. The molecule has 0 bridgehead atoms. The molecule has 0 aliphatic carbocycles. The molecule has 0 saturated carbocycles. The minimum absolute atomic E-state index is 0.283. The van der Waals surface area contributed by atoms with Gasteiger partial charge < -0.3 is 0 Å². The van der Waals surface area contributed by atoms with Crippen LogP contribution < -0.4 is 0 Å². The minimum Gasteiger partial charge on any atom is -0.229 e. The molecule has 0 unspecified atom stereocenters. The largest absolute Gasteiger partial charge is 0.246 e. The minimum atomic E-state index is -4.24. The zero-order valence-electron chi connectivity index (χ0n) is 12.4. The van der Waals surface area contributed by atoms with Gasteiger partial charge >= 0.3 is 0 Å². The molecular formula is C13H17FN2O4S2. The molecule has 1 rings (SSSR count). The normalized spacial score (nSPS) is 12.6. The van der Waals surface area contributed by atoms with Crippen LogP contribution in [0.1, 0.15) is 19.4 Å². The van der Waals surface area contributed by atoms with E-state index >= 15 is 0 Å². The van der Waals surface area contributed by atoms with E-state index in [2.05, 4.69) is 0 Å². The predicted molar refractivity (Wildman–Crippen MR) is 79.9 cm³/mol. The first-order valence-corrected chi connectivity index (χ1v) is 9.89. The van der Waals surface area contributed by atoms with E-state index in [1.54, 1.807) is 19.9 Å².